The Labute approximate surface area is 170 Å². The van der Waals surface area contributed by atoms with E-state index in [4.69, 9.17) is 0 Å². The number of piperidine rings is 1. The van der Waals surface area contributed by atoms with Crippen LogP contribution in [-0.2, 0) is 6.42 Å². The molecule has 1 saturated heterocycles. The predicted octanol–water partition coefficient (Wildman–Crippen LogP) is 3.50. The zero-order chi connectivity index (χ0) is 20.2. The molecule has 1 fully saturated rings. The SMILES string of the molecule is CN(C[C@@H]1CCCN(CCc2ccccc2F)C1)C(=O)c1ccc2nccn2c1. The molecular weight excluding hydrogens is 367 g/mol. The molecule has 1 amide bonds. The van der Waals surface area contributed by atoms with E-state index in [0.717, 1.165) is 56.7 Å². The van der Waals surface area contributed by atoms with Crippen LogP contribution in [-0.4, -0.2) is 58.3 Å². The summed E-state index contributed by atoms with van der Waals surface area (Å²) in [6, 6.07) is 10.7. The largest absolute Gasteiger partial charge is 0.341 e. The van der Waals surface area contributed by atoms with Crippen LogP contribution in [0.4, 0.5) is 4.39 Å². The summed E-state index contributed by atoms with van der Waals surface area (Å²) in [5.74, 6) is 0.348. The molecule has 1 atom stereocenters. The second-order valence-electron chi connectivity index (χ2n) is 7.95. The third-order valence-electron chi connectivity index (χ3n) is 5.77. The van der Waals surface area contributed by atoms with Gasteiger partial charge in [0, 0.05) is 45.3 Å². The third kappa shape index (κ3) is 4.65. The molecule has 0 unspecified atom stereocenters. The molecule has 1 aromatic carbocycles. The van der Waals surface area contributed by atoms with Crippen LogP contribution in [0.3, 0.4) is 0 Å². The Morgan fingerprint density at radius 2 is 2.14 bits per heavy atom. The summed E-state index contributed by atoms with van der Waals surface area (Å²) in [5, 5.41) is 0. The van der Waals surface area contributed by atoms with Gasteiger partial charge < -0.3 is 14.2 Å². The van der Waals surface area contributed by atoms with Crippen molar-refractivity contribution < 1.29 is 9.18 Å². The summed E-state index contributed by atoms with van der Waals surface area (Å²) < 4.78 is 15.7. The van der Waals surface area contributed by atoms with E-state index in [2.05, 4.69) is 9.88 Å². The standard InChI is InChI=1S/C23H27FN4O/c1-26(23(29)20-8-9-22-25-11-14-28(22)17-20)15-18-5-4-12-27(16-18)13-10-19-6-2-3-7-21(19)24/h2-3,6-9,11,14,17-18H,4-5,10,12-13,15-16H2,1H3/t18-/m0/s1. The number of carbonyl (C=O) groups excluding carboxylic acids is 1. The van der Waals surface area contributed by atoms with Crippen molar-refractivity contribution in [3.05, 3.63) is 71.9 Å². The van der Waals surface area contributed by atoms with Gasteiger partial charge in [-0.05, 0) is 55.5 Å². The summed E-state index contributed by atoms with van der Waals surface area (Å²) in [6.07, 6.45) is 8.37. The molecular formula is C23H27FN4O. The highest BCUT2D eigenvalue weighted by molar-refractivity contribution is 5.94. The lowest BCUT2D eigenvalue weighted by Gasteiger charge is -2.34. The second-order valence-corrected chi connectivity index (χ2v) is 7.95. The van der Waals surface area contributed by atoms with Crippen molar-refractivity contribution in [2.24, 2.45) is 5.92 Å². The van der Waals surface area contributed by atoms with Crippen LogP contribution in [0.15, 0.2) is 55.0 Å². The molecule has 29 heavy (non-hydrogen) atoms. The Kier molecular flexibility index (Phi) is 5.90. The van der Waals surface area contributed by atoms with Crippen LogP contribution in [0.2, 0.25) is 0 Å². The van der Waals surface area contributed by atoms with Gasteiger partial charge in [-0.1, -0.05) is 18.2 Å². The lowest BCUT2D eigenvalue weighted by Crippen LogP contribution is -2.42. The second kappa shape index (κ2) is 8.74. The number of fused-ring (bicyclic) bond motifs is 1. The molecule has 152 valence electrons. The van der Waals surface area contributed by atoms with Crippen molar-refractivity contribution in [1.29, 1.82) is 0 Å². The molecule has 3 aromatic rings. The monoisotopic (exact) mass is 394 g/mol. The average molecular weight is 394 g/mol. The molecule has 0 N–H and O–H groups in total. The van der Waals surface area contributed by atoms with E-state index in [-0.39, 0.29) is 11.7 Å². The van der Waals surface area contributed by atoms with E-state index in [1.165, 1.54) is 6.07 Å². The molecule has 0 radical (unpaired) electrons. The van der Waals surface area contributed by atoms with Gasteiger partial charge in [-0.3, -0.25) is 4.79 Å². The van der Waals surface area contributed by atoms with Gasteiger partial charge >= 0.3 is 0 Å². The molecule has 5 nitrogen and oxygen atoms in total. The number of halogens is 1. The molecule has 1 aliphatic heterocycles. The van der Waals surface area contributed by atoms with Crippen molar-refractivity contribution in [3.63, 3.8) is 0 Å². The van der Waals surface area contributed by atoms with Crippen molar-refractivity contribution >= 4 is 11.6 Å². The van der Waals surface area contributed by atoms with Gasteiger partial charge in [0.25, 0.3) is 5.91 Å². The fraction of sp³-hybridized carbons (Fsp3) is 0.391. The fourth-order valence-electron chi connectivity index (χ4n) is 4.22. The number of aromatic nitrogens is 2. The molecule has 2 aromatic heterocycles. The molecule has 1 aliphatic rings. The van der Waals surface area contributed by atoms with Crippen LogP contribution in [0.1, 0.15) is 28.8 Å². The smallest absolute Gasteiger partial charge is 0.255 e. The minimum Gasteiger partial charge on any atom is -0.341 e. The van der Waals surface area contributed by atoms with Crippen LogP contribution in [0, 0.1) is 11.7 Å². The summed E-state index contributed by atoms with van der Waals surface area (Å²) >= 11 is 0. The van der Waals surface area contributed by atoms with Crippen LogP contribution < -0.4 is 0 Å². The van der Waals surface area contributed by atoms with Crippen molar-refractivity contribution in [2.75, 3.05) is 33.2 Å². The number of hydrogen-bond acceptors (Lipinski definition) is 3. The van der Waals surface area contributed by atoms with E-state index in [1.54, 1.807) is 12.3 Å². The van der Waals surface area contributed by atoms with E-state index in [1.807, 2.05) is 53.0 Å². The average Bonchev–Trinajstić information content (AvgIpc) is 3.21. The summed E-state index contributed by atoms with van der Waals surface area (Å²) in [5.41, 5.74) is 2.28. The Morgan fingerprint density at radius 1 is 1.28 bits per heavy atom. The van der Waals surface area contributed by atoms with Gasteiger partial charge in [0.2, 0.25) is 0 Å². The van der Waals surface area contributed by atoms with Gasteiger partial charge in [-0.15, -0.1) is 0 Å². The summed E-state index contributed by atoms with van der Waals surface area (Å²) in [4.78, 5) is 21.3. The maximum absolute atomic E-state index is 13.9. The van der Waals surface area contributed by atoms with Crippen molar-refractivity contribution in [2.45, 2.75) is 19.3 Å². The fourth-order valence-corrected chi connectivity index (χ4v) is 4.22. The molecule has 4 rings (SSSR count). The van der Waals surface area contributed by atoms with Crippen LogP contribution in [0.5, 0.6) is 0 Å². The minimum absolute atomic E-state index is 0.0316. The van der Waals surface area contributed by atoms with Crippen molar-refractivity contribution in [1.82, 2.24) is 19.2 Å². The van der Waals surface area contributed by atoms with Crippen LogP contribution in [0.25, 0.3) is 5.65 Å². The Bertz CT molecular complexity index is 986. The Hall–Kier alpha value is -2.73. The van der Waals surface area contributed by atoms with Gasteiger partial charge in [0.1, 0.15) is 11.5 Å². The predicted molar refractivity (Wildman–Crippen MR) is 111 cm³/mol. The third-order valence-corrected chi connectivity index (χ3v) is 5.77. The number of imidazole rings is 1. The molecule has 0 bridgehead atoms. The highest BCUT2D eigenvalue weighted by Gasteiger charge is 2.23. The van der Waals surface area contributed by atoms with Crippen LogP contribution >= 0.6 is 0 Å². The highest BCUT2D eigenvalue weighted by atomic mass is 19.1. The highest BCUT2D eigenvalue weighted by Crippen LogP contribution is 2.19. The first-order valence-electron chi connectivity index (χ1n) is 10.2. The first-order chi connectivity index (χ1) is 14.1. The Balaban J connectivity index is 1.32. The number of rotatable bonds is 6. The molecule has 6 heteroatoms. The number of likely N-dealkylation sites (tertiary alicyclic amines) is 1. The van der Waals surface area contributed by atoms with Gasteiger partial charge in [0.05, 0.1) is 5.56 Å². The number of pyridine rings is 1. The number of hydrogen-bond donors (Lipinski definition) is 0. The zero-order valence-electron chi connectivity index (χ0n) is 16.8. The lowest BCUT2D eigenvalue weighted by molar-refractivity contribution is 0.0730. The van der Waals surface area contributed by atoms with E-state index in [0.29, 0.717) is 11.5 Å². The lowest BCUT2D eigenvalue weighted by atomic mass is 9.97. The maximum atomic E-state index is 13.9. The van der Waals surface area contributed by atoms with E-state index >= 15 is 0 Å². The summed E-state index contributed by atoms with van der Waals surface area (Å²) in [6.45, 7) is 3.58. The minimum atomic E-state index is -0.124. The molecule has 0 spiro atoms. The van der Waals surface area contributed by atoms with Gasteiger partial charge in [-0.25, -0.2) is 9.37 Å². The molecule has 0 saturated carbocycles. The quantitative estimate of drug-likeness (QED) is 0.643. The number of amides is 1. The Morgan fingerprint density at radius 3 is 3.00 bits per heavy atom. The van der Waals surface area contributed by atoms with Crippen molar-refractivity contribution in [3.8, 4) is 0 Å². The molecule has 0 aliphatic carbocycles. The van der Waals surface area contributed by atoms with E-state index < -0.39 is 0 Å². The van der Waals surface area contributed by atoms with E-state index in [9.17, 15) is 9.18 Å². The van der Waals surface area contributed by atoms with Gasteiger partial charge in [-0.2, -0.15) is 0 Å². The number of nitrogens with zero attached hydrogens (tertiary/aromatic N) is 4. The molecule has 3 heterocycles. The maximum Gasteiger partial charge on any atom is 0.255 e. The zero-order valence-corrected chi connectivity index (χ0v) is 16.8. The number of benzene rings is 1. The first-order valence-corrected chi connectivity index (χ1v) is 10.2. The van der Waals surface area contributed by atoms with Gasteiger partial charge in [0.15, 0.2) is 0 Å². The normalized spacial score (nSPS) is 17.5. The summed E-state index contributed by atoms with van der Waals surface area (Å²) in [7, 11) is 1.87. The topological polar surface area (TPSA) is 40.8 Å². The number of carbonyl (C=O) groups is 1. The first kappa shape index (κ1) is 19.6.